The Bertz CT molecular complexity index is 911. The minimum Gasteiger partial charge on any atom is -0.495 e. The molecule has 2 aromatic carbocycles. The second-order valence-corrected chi connectivity index (χ2v) is 8.03. The van der Waals surface area contributed by atoms with Gasteiger partial charge in [-0.1, -0.05) is 13.0 Å². The summed E-state index contributed by atoms with van der Waals surface area (Å²) in [5.41, 5.74) is 1.45. The number of hydrogen-bond acceptors (Lipinski definition) is 5. The molecule has 28 heavy (non-hydrogen) atoms. The lowest BCUT2D eigenvalue weighted by atomic mass is 10.2. The highest BCUT2D eigenvalue weighted by Crippen LogP contribution is 2.25. The Morgan fingerprint density at radius 1 is 1.11 bits per heavy atom. The van der Waals surface area contributed by atoms with Gasteiger partial charge in [-0.15, -0.1) is 0 Å². The van der Waals surface area contributed by atoms with Crippen LogP contribution in [0.4, 0.5) is 5.69 Å². The zero-order valence-electron chi connectivity index (χ0n) is 16.6. The fourth-order valence-corrected chi connectivity index (χ4v) is 4.07. The zero-order chi connectivity index (χ0) is 20.7. The Kier molecular flexibility index (Phi) is 7.42. The van der Waals surface area contributed by atoms with Crippen molar-refractivity contribution in [1.29, 1.82) is 0 Å². The number of benzene rings is 2. The van der Waals surface area contributed by atoms with Gasteiger partial charge in [0.1, 0.15) is 11.5 Å². The number of nitrogens with one attached hydrogen (secondary N) is 1. The van der Waals surface area contributed by atoms with Gasteiger partial charge >= 0.3 is 0 Å². The summed E-state index contributed by atoms with van der Waals surface area (Å²) in [4.78, 5) is 12.6. The Balaban J connectivity index is 2.16. The van der Waals surface area contributed by atoms with Crippen LogP contribution in [0.3, 0.4) is 0 Å². The summed E-state index contributed by atoms with van der Waals surface area (Å²) in [5, 5.41) is 2.73. The molecule has 8 heteroatoms. The fourth-order valence-electron chi connectivity index (χ4n) is 2.66. The molecule has 7 nitrogen and oxygen atoms in total. The minimum absolute atomic E-state index is 0.110. The summed E-state index contributed by atoms with van der Waals surface area (Å²) >= 11 is 0. The Labute approximate surface area is 166 Å². The molecule has 2 aromatic rings. The maximum Gasteiger partial charge on any atom is 0.243 e. The molecule has 2 rings (SSSR count). The number of rotatable bonds is 9. The molecular weight excluding hydrogens is 380 g/mol. The highest BCUT2D eigenvalue weighted by molar-refractivity contribution is 7.89. The maximum atomic E-state index is 12.9. The van der Waals surface area contributed by atoms with Gasteiger partial charge in [-0.05, 0) is 55.8 Å². The first kappa shape index (κ1) is 21.7. The van der Waals surface area contributed by atoms with Crippen molar-refractivity contribution in [3.8, 4) is 11.5 Å². The average Bonchev–Trinajstić information content (AvgIpc) is 2.67. The van der Waals surface area contributed by atoms with Gasteiger partial charge in [0.15, 0.2) is 0 Å². The molecule has 0 radical (unpaired) electrons. The smallest absolute Gasteiger partial charge is 0.243 e. The van der Waals surface area contributed by atoms with Crippen molar-refractivity contribution in [2.24, 2.45) is 0 Å². The molecule has 152 valence electrons. The van der Waals surface area contributed by atoms with E-state index in [0.717, 1.165) is 9.87 Å². The molecule has 0 atom stereocenters. The number of ether oxygens (including phenoxy) is 2. The van der Waals surface area contributed by atoms with Gasteiger partial charge in [0.2, 0.25) is 15.9 Å². The second-order valence-electron chi connectivity index (χ2n) is 6.09. The molecular formula is C20H26N2O5S. The number of amides is 1. The molecule has 1 N–H and O–H groups in total. The molecule has 0 saturated carbocycles. The molecule has 0 aliphatic rings. The van der Waals surface area contributed by atoms with Crippen molar-refractivity contribution in [2.45, 2.75) is 25.7 Å². The van der Waals surface area contributed by atoms with Gasteiger partial charge < -0.3 is 14.8 Å². The summed E-state index contributed by atoms with van der Waals surface area (Å²) < 4.78 is 37.5. The standard InChI is InChI=1S/C20H26N2O5S/c1-5-22(28(24,25)17-10-8-16(9-11-17)27-6-2)14-20(23)21-18-13-15(3)7-12-19(18)26-4/h7-13H,5-6,14H2,1-4H3,(H,21,23). The SMILES string of the molecule is CCOc1ccc(S(=O)(=O)N(CC)CC(=O)Nc2cc(C)ccc2OC)cc1. The number of anilines is 1. The highest BCUT2D eigenvalue weighted by Gasteiger charge is 2.25. The summed E-state index contributed by atoms with van der Waals surface area (Å²) in [5.74, 6) is 0.658. The van der Waals surface area contributed by atoms with E-state index in [9.17, 15) is 13.2 Å². The van der Waals surface area contributed by atoms with Gasteiger partial charge in [0.05, 0.1) is 30.8 Å². The molecule has 0 fully saturated rings. The summed E-state index contributed by atoms with van der Waals surface area (Å²) in [6.45, 7) is 5.79. The number of carbonyl (C=O) groups excluding carboxylic acids is 1. The van der Waals surface area contributed by atoms with Crippen LogP contribution in [0, 0.1) is 6.92 Å². The number of carbonyl (C=O) groups is 1. The van der Waals surface area contributed by atoms with Gasteiger partial charge in [-0.3, -0.25) is 4.79 Å². The van der Waals surface area contributed by atoms with E-state index in [1.54, 1.807) is 31.2 Å². The first-order chi connectivity index (χ1) is 13.3. The first-order valence-corrected chi connectivity index (χ1v) is 10.4. The van der Waals surface area contributed by atoms with E-state index in [2.05, 4.69) is 5.32 Å². The molecule has 0 spiro atoms. The number of methoxy groups -OCH3 is 1. The molecule has 0 heterocycles. The number of aryl methyl sites for hydroxylation is 1. The van der Waals surface area contributed by atoms with Crippen LogP contribution in [0.5, 0.6) is 11.5 Å². The molecule has 0 unspecified atom stereocenters. The van der Waals surface area contributed by atoms with E-state index in [4.69, 9.17) is 9.47 Å². The van der Waals surface area contributed by atoms with E-state index < -0.39 is 15.9 Å². The van der Waals surface area contributed by atoms with Gasteiger partial charge in [0.25, 0.3) is 0 Å². The quantitative estimate of drug-likeness (QED) is 0.692. The lowest BCUT2D eigenvalue weighted by Crippen LogP contribution is -2.37. The van der Waals surface area contributed by atoms with E-state index in [1.165, 1.54) is 19.2 Å². The van der Waals surface area contributed by atoms with Crippen LogP contribution in [-0.4, -0.2) is 45.4 Å². The van der Waals surface area contributed by atoms with Crippen molar-refractivity contribution in [1.82, 2.24) is 4.31 Å². The van der Waals surface area contributed by atoms with Crippen molar-refractivity contribution >= 4 is 21.6 Å². The van der Waals surface area contributed by atoms with Crippen LogP contribution in [-0.2, 0) is 14.8 Å². The zero-order valence-corrected chi connectivity index (χ0v) is 17.4. The van der Waals surface area contributed by atoms with E-state index >= 15 is 0 Å². The van der Waals surface area contributed by atoms with Gasteiger partial charge in [-0.25, -0.2) is 8.42 Å². The maximum absolute atomic E-state index is 12.9. The Morgan fingerprint density at radius 3 is 2.36 bits per heavy atom. The lowest BCUT2D eigenvalue weighted by molar-refractivity contribution is -0.116. The third kappa shape index (κ3) is 5.24. The predicted octanol–water partition coefficient (Wildman–Crippen LogP) is 3.05. The molecule has 0 saturated heterocycles. The minimum atomic E-state index is -3.81. The van der Waals surface area contributed by atoms with E-state index in [-0.39, 0.29) is 18.0 Å². The normalized spacial score (nSPS) is 11.3. The number of nitrogens with zero attached hydrogens (tertiary/aromatic N) is 1. The third-order valence-corrected chi connectivity index (χ3v) is 6.01. The van der Waals surface area contributed by atoms with Crippen LogP contribution < -0.4 is 14.8 Å². The Morgan fingerprint density at radius 2 is 1.79 bits per heavy atom. The number of hydrogen-bond donors (Lipinski definition) is 1. The fraction of sp³-hybridized carbons (Fsp3) is 0.350. The van der Waals surface area contributed by atoms with Gasteiger partial charge in [-0.2, -0.15) is 4.31 Å². The van der Waals surface area contributed by atoms with Crippen LogP contribution >= 0.6 is 0 Å². The van der Waals surface area contributed by atoms with Crippen molar-refractivity contribution in [2.75, 3.05) is 32.1 Å². The molecule has 1 amide bonds. The monoisotopic (exact) mass is 406 g/mol. The van der Waals surface area contributed by atoms with Crippen molar-refractivity contribution in [3.63, 3.8) is 0 Å². The highest BCUT2D eigenvalue weighted by atomic mass is 32.2. The lowest BCUT2D eigenvalue weighted by Gasteiger charge is -2.20. The van der Waals surface area contributed by atoms with E-state index in [0.29, 0.717) is 23.8 Å². The van der Waals surface area contributed by atoms with Crippen LogP contribution in [0.25, 0.3) is 0 Å². The van der Waals surface area contributed by atoms with Crippen molar-refractivity contribution in [3.05, 3.63) is 48.0 Å². The second kappa shape index (κ2) is 9.57. The summed E-state index contributed by atoms with van der Waals surface area (Å²) in [6, 6.07) is 11.5. The molecule has 0 aliphatic heterocycles. The van der Waals surface area contributed by atoms with Gasteiger partial charge in [0, 0.05) is 6.54 Å². The summed E-state index contributed by atoms with van der Waals surface area (Å²) in [6.07, 6.45) is 0. The van der Waals surface area contributed by atoms with E-state index in [1.807, 2.05) is 19.9 Å². The number of likely N-dealkylation sites (N-methyl/N-ethyl adjacent to an activating group) is 1. The Hall–Kier alpha value is -2.58. The molecule has 0 aliphatic carbocycles. The molecule has 0 bridgehead atoms. The average molecular weight is 407 g/mol. The largest absolute Gasteiger partial charge is 0.495 e. The predicted molar refractivity (Wildman–Crippen MR) is 108 cm³/mol. The first-order valence-electron chi connectivity index (χ1n) is 8.99. The topological polar surface area (TPSA) is 84.9 Å². The third-order valence-electron chi connectivity index (χ3n) is 4.07. The van der Waals surface area contributed by atoms with Crippen LogP contribution in [0.1, 0.15) is 19.4 Å². The number of sulfonamides is 1. The summed E-state index contributed by atoms with van der Waals surface area (Å²) in [7, 11) is -2.30. The van der Waals surface area contributed by atoms with Crippen LogP contribution in [0.15, 0.2) is 47.4 Å². The van der Waals surface area contributed by atoms with Crippen molar-refractivity contribution < 1.29 is 22.7 Å². The van der Waals surface area contributed by atoms with Crippen LogP contribution in [0.2, 0.25) is 0 Å². The molecule has 0 aromatic heterocycles.